The second-order valence-electron chi connectivity index (χ2n) is 6.00. The molecule has 1 aliphatic rings. The molecule has 0 spiro atoms. The summed E-state index contributed by atoms with van der Waals surface area (Å²) in [5, 5.41) is 3.45. The first-order chi connectivity index (χ1) is 9.02. The first-order valence-corrected chi connectivity index (χ1v) is 7.23. The van der Waals surface area contributed by atoms with Gasteiger partial charge in [0.05, 0.1) is 6.10 Å². The topological polar surface area (TPSA) is 24.5 Å². The van der Waals surface area contributed by atoms with Gasteiger partial charge in [-0.05, 0) is 64.9 Å². The summed E-state index contributed by atoms with van der Waals surface area (Å²) in [7, 11) is 2.06. The van der Waals surface area contributed by atoms with Crippen LogP contribution in [0.15, 0.2) is 24.3 Å². The van der Waals surface area contributed by atoms with Gasteiger partial charge in [-0.3, -0.25) is 0 Å². The number of anilines is 1. The largest absolute Gasteiger partial charge is 0.491 e. The molecule has 1 saturated heterocycles. The van der Waals surface area contributed by atoms with E-state index in [0.29, 0.717) is 0 Å². The number of hydrogen-bond donors (Lipinski definition) is 1. The highest BCUT2D eigenvalue weighted by Gasteiger charge is 2.29. The van der Waals surface area contributed by atoms with Gasteiger partial charge in [0.1, 0.15) is 5.75 Å². The average Bonchev–Trinajstić information content (AvgIpc) is 2.39. The van der Waals surface area contributed by atoms with Gasteiger partial charge in [-0.2, -0.15) is 0 Å². The maximum Gasteiger partial charge on any atom is 0.119 e. The zero-order valence-corrected chi connectivity index (χ0v) is 12.6. The molecular weight excluding hydrogens is 236 g/mol. The van der Waals surface area contributed by atoms with Crippen LogP contribution in [0.2, 0.25) is 0 Å². The molecule has 0 bridgehead atoms. The minimum atomic E-state index is 0.228. The highest BCUT2D eigenvalue weighted by atomic mass is 16.5. The van der Waals surface area contributed by atoms with E-state index in [2.05, 4.69) is 62.3 Å². The SMILES string of the molecule is CNC1(C)CCCN(c2ccc(OC(C)C)cc2)C1. The second kappa shape index (κ2) is 5.83. The van der Waals surface area contributed by atoms with Gasteiger partial charge in [0.15, 0.2) is 0 Å². The van der Waals surface area contributed by atoms with Crippen LogP contribution in [0.5, 0.6) is 5.75 Å². The highest BCUT2D eigenvalue weighted by molar-refractivity contribution is 5.50. The third kappa shape index (κ3) is 3.63. The molecule has 3 heteroatoms. The molecular formula is C16H26N2O. The molecule has 1 fully saturated rings. The lowest BCUT2D eigenvalue weighted by molar-refractivity contribution is 0.242. The van der Waals surface area contributed by atoms with E-state index in [9.17, 15) is 0 Å². The zero-order valence-electron chi connectivity index (χ0n) is 12.6. The molecule has 0 aromatic heterocycles. The Labute approximate surface area is 116 Å². The maximum atomic E-state index is 5.69. The summed E-state index contributed by atoms with van der Waals surface area (Å²) < 4.78 is 5.69. The van der Waals surface area contributed by atoms with Gasteiger partial charge in [0, 0.05) is 24.3 Å². The third-order valence-electron chi connectivity index (χ3n) is 3.87. The molecule has 1 aromatic carbocycles. The molecule has 1 unspecified atom stereocenters. The summed E-state index contributed by atoms with van der Waals surface area (Å²) in [6.07, 6.45) is 2.71. The summed E-state index contributed by atoms with van der Waals surface area (Å²) >= 11 is 0. The normalized spacial score (nSPS) is 23.7. The molecule has 3 nitrogen and oxygen atoms in total. The number of piperidine rings is 1. The van der Waals surface area contributed by atoms with Crippen molar-refractivity contribution in [3.63, 3.8) is 0 Å². The number of benzene rings is 1. The van der Waals surface area contributed by atoms with Crippen molar-refractivity contribution in [1.29, 1.82) is 0 Å². The van der Waals surface area contributed by atoms with Gasteiger partial charge in [-0.1, -0.05) is 0 Å². The summed E-state index contributed by atoms with van der Waals surface area (Å²) in [5.74, 6) is 0.951. The molecule has 19 heavy (non-hydrogen) atoms. The number of nitrogens with one attached hydrogen (secondary N) is 1. The molecule has 0 aliphatic carbocycles. The van der Waals surface area contributed by atoms with Crippen LogP contribution < -0.4 is 15.0 Å². The van der Waals surface area contributed by atoms with E-state index in [1.54, 1.807) is 0 Å². The summed E-state index contributed by atoms with van der Waals surface area (Å²) in [5.41, 5.74) is 1.52. The average molecular weight is 262 g/mol. The van der Waals surface area contributed by atoms with E-state index in [1.165, 1.54) is 18.5 Å². The molecule has 1 atom stereocenters. The Morgan fingerprint density at radius 3 is 2.53 bits per heavy atom. The predicted molar refractivity (Wildman–Crippen MR) is 81.1 cm³/mol. The van der Waals surface area contributed by atoms with Crippen LogP contribution in [0.1, 0.15) is 33.6 Å². The molecule has 0 saturated carbocycles. The Morgan fingerprint density at radius 2 is 1.95 bits per heavy atom. The smallest absolute Gasteiger partial charge is 0.119 e. The Hall–Kier alpha value is -1.22. The number of likely N-dealkylation sites (N-methyl/N-ethyl adjacent to an activating group) is 1. The first-order valence-electron chi connectivity index (χ1n) is 7.23. The van der Waals surface area contributed by atoms with Gasteiger partial charge in [-0.25, -0.2) is 0 Å². The molecule has 1 aliphatic heterocycles. The van der Waals surface area contributed by atoms with Crippen molar-refractivity contribution in [3.05, 3.63) is 24.3 Å². The minimum Gasteiger partial charge on any atom is -0.491 e. The Balaban J connectivity index is 2.05. The summed E-state index contributed by atoms with van der Waals surface area (Å²) in [6, 6.07) is 8.47. The van der Waals surface area contributed by atoms with Crippen molar-refractivity contribution in [2.45, 2.75) is 45.3 Å². The Kier molecular flexibility index (Phi) is 4.35. The van der Waals surface area contributed by atoms with Crippen molar-refractivity contribution in [3.8, 4) is 5.75 Å². The number of rotatable bonds is 4. The lowest BCUT2D eigenvalue weighted by atomic mass is 9.91. The molecule has 106 valence electrons. The lowest BCUT2D eigenvalue weighted by Gasteiger charge is -2.41. The van der Waals surface area contributed by atoms with Gasteiger partial charge >= 0.3 is 0 Å². The van der Waals surface area contributed by atoms with Gasteiger partial charge < -0.3 is 15.0 Å². The van der Waals surface area contributed by atoms with Crippen LogP contribution in [0.25, 0.3) is 0 Å². The number of nitrogens with zero attached hydrogens (tertiary/aromatic N) is 1. The summed E-state index contributed by atoms with van der Waals surface area (Å²) in [4.78, 5) is 2.46. The fraction of sp³-hybridized carbons (Fsp3) is 0.625. The van der Waals surface area contributed by atoms with E-state index in [-0.39, 0.29) is 11.6 Å². The minimum absolute atomic E-state index is 0.228. The first kappa shape index (κ1) is 14.2. The highest BCUT2D eigenvalue weighted by Crippen LogP contribution is 2.27. The van der Waals surface area contributed by atoms with Gasteiger partial charge in [-0.15, -0.1) is 0 Å². The maximum absolute atomic E-state index is 5.69. The van der Waals surface area contributed by atoms with Crippen molar-refractivity contribution < 1.29 is 4.74 Å². The molecule has 1 heterocycles. The van der Waals surface area contributed by atoms with Crippen LogP contribution in [0.3, 0.4) is 0 Å². The van der Waals surface area contributed by atoms with E-state index in [1.807, 2.05) is 0 Å². The fourth-order valence-electron chi connectivity index (χ4n) is 2.67. The van der Waals surface area contributed by atoms with Crippen molar-refractivity contribution in [2.75, 3.05) is 25.0 Å². The molecule has 1 aromatic rings. The van der Waals surface area contributed by atoms with Crippen molar-refractivity contribution in [1.82, 2.24) is 5.32 Å². The standard InChI is InChI=1S/C16H26N2O/c1-13(2)19-15-8-6-14(7-9-15)18-11-5-10-16(3,12-18)17-4/h6-9,13,17H,5,10-12H2,1-4H3. The summed E-state index contributed by atoms with van der Waals surface area (Å²) in [6.45, 7) is 8.61. The van der Waals surface area contributed by atoms with Crippen LogP contribution in [-0.4, -0.2) is 31.8 Å². The van der Waals surface area contributed by atoms with Crippen LogP contribution in [0, 0.1) is 0 Å². The molecule has 0 radical (unpaired) electrons. The Bertz CT molecular complexity index is 402. The molecule has 0 amide bonds. The zero-order chi connectivity index (χ0) is 13.9. The van der Waals surface area contributed by atoms with E-state index < -0.39 is 0 Å². The lowest BCUT2D eigenvalue weighted by Crippen LogP contribution is -2.53. The van der Waals surface area contributed by atoms with Crippen LogP contribution in [0.4, 0.5) is 5.69 Å². The van der Waals surface area contributed by atoms with Crippen LogP contribution >= 0.6 is 0 Å². The van der Waals surface area contributed by atoms with Gasteiger partial charge in [0.25, 0.3) is 0 Å². The van der Waals surface area contributed by atoms with Crippen molar-refractivity contribution >= 4 is 5.69 Å². The number of hydrogen-bond acceptors (Lipinski definition) is 3. The predicted octanol–water partition coefficient (Wildman–Crippen LogP) is 3.05. The Morgan fingerprint density at radius 1 is 1.26 bits per heavy atom. The van der Waals surface area contributed by atoms with Crippen LogP contribution in [-0.2, 0) is 0 Å². The van der Waals surface area contributed by atoms with Gasteiger partial charge in [0.2, 0.25) is 0 Å². The second-order valence-corrected chi connectivity index (χ2v) is 6.00. The monoisotopic (exact) mass is 262 g/mol. The molecule has 1 N–H and O–H groups in total. The van der Waals surface area contributed by atoms with Crippen molar-refractivity contribution in [2.24, 2.45) is 0 Å². The van der Waals surface area contributed by atoms with E-state index in [0.717, 1.165) is 18.8 Å². The fourth-order valence-corrected chi connectivity index (χ4v) is 2.67. The molecule has 2 rings (SSSR count). The van der Waals surface area contributed by atoms with E-state index in [4.69, 9.17) is 4.74 Å². The quantitative estimate of drug-likeness (QED) is 0.902. The third-order valence-corrected chi connectivity index (χ3v) is 3.87. The number of ether oxygens (including phenoxy) is 1. The van der Waals surface area contributed by atoms with E-state index >= 15 is 0 Å².